The highest BCUT2D eigenvalue weighted by atomic mass is 19.4. The number of rotatable bonds is 2. The van der Waals surface area contributed by atoms with Crippen LogP contribution in [0.3, 0.4) is 0 Å². The molecule has 1 aromatic carbocycles. The van der Waals surface area contributed by atoms with Crippen molar-refractivity contribution in [3.05, 3.63) is 29.3 Å². The molecule has 1 aromatic rings. The average molecular weight is 327 g/mol. The second kappa shape index (κ2) is 6.13. The van der Waals surface area contributed by atoms with E-state index in [-0.39, 0.29) is 12.5 Å². The van der Waals surface area contributed by atoms with Crippen LogP contribution in [-0.2, 0) is 17.4 Å². The van der Waals surface area contributed by atoms with Gasteiger partial charge in [0.1, 0.15) is 0 Å². The number of piperazine rings is 1. The van der Waals surface area contributed by atoms with Gasteiger partial charge in [0.25, 0.3) is 0 Å². The second-order valence-corrected chi connectivity index (χ2v) is 6.23. The number of carbonyl (C=O) groups is 1. The van der Waals surface area contributed by atoms with Crippen molar-refractivity contribution in [2.45, 2.75) is 25.6 Å². The number of hydrogen-bond acceptors (Lipinski definition) is 3. The van der Waals surface area contributed by atoms with Crippen LogP contribution in [0.25, 0.3) is 0 Å². The number of carbonyl (C=O) groups excluding carboxylic acids is 1. The third-order valence-corrected chi connectivity index (χ3v) is 4.42. The minimum absolute atomic E-state index is 0.128. The number of halogens is 3. The van der Waals surface area contributed by atoms with Crippen LogP contribution in [-0.4, -0.2) is 49.6 Å². The van der Waals surface area contributed by atoms with Gasteiger partial charge < -0.3 is 10.2 Å². The lowest BCUT2D eigenvalue weighted by Crippen LogP contribution is -2.52. The fourth-order valence-electron chi connectivity index (χ4n) is 3.25. The van der Waals surface area contributed by atoms with Gasteiger partial charge >= 0.3 is 6.18 Å². The molecule has 4 nitrogen and oxygen atoms in total. The Labute approximate surface area is 133 Å². The Bertz CT molecular complexity index is 603. The zero-order valence-electron chi connectivity index (χ0n) is 13.0. The molecule has 0 radical (unpaired) electrons. The molecule has 23 heavy (non-hydrogen) atoms. The topological polar surface area (TPSA) is 35.6 Å². The molecule has 0 spiro atoms. The lowest BCUT2D eigenvalue weighted by Gasteiger charge is -2.32. The third-order valence-electron chi connectivity index (χ3n) is 4.42. The quantitative estimate of drug-likeness (QED) is 0.901. The molecular weight excluding hydrogens is 307 g/mol. The molecule has 126 valence electrons. The van der Waals surface area contributed by atoms with Crippen molar-refractivity contribution in [3.8, 4) is 0 Å². The van der Waals surface area contributed by atoms with E-state index in [1.807, 2.05) is 0 Å². The first kappa shape index (κ1) is 16.3. The third kappa shape index (κ3) is 3.50. The number of nitrogens with zero attached hydrogens (tertiary/aromatic N) is 2. The Morgan fingerprint density at radius 3 is 2.83 bits per heavy atom. The van der Waals surface area contributed by atoms with Crippen molar-refractivity contribution in [2.75, 3.05) is 37.6 Å². The SMILES string of the molecule is CC1CN(CC(=O)N2CCc3ccc(C(F)(F)F)cc32)CCN1. The molecule has 1 fully saturated rings. The number of benzene rings is 1. The lowest BCUT2D eigenvalue weighted by molar-refractivity contribution is -0.137. The van der Waals surface area contributed by atoms with Crippen molar-refractivity contribution >= 4 is 11.6 Å². The van der Waals surface area contributed by atoms with Gasteiger partial charge in [0.2, 0.25) is 5.91 Å². The predicted molar refractivity (Wildman–Crippen MR) is 81.4 cm³/mol. The number of fused-ring (bicyclic) bond motifs is 1. The maximum absolute atomic E-state index is 12.9. The van der Waals surface area contributed by atoms with Gasteiger partial charge in [-0.2, -0.15) is 13.2 Å². The number of nitrogens with one attached hydrogen (secondary N) is 1. The summed E-state index contributed by atoms with van der Waals surface area (Å²) in [7, 11) is 0. The van der Waals surface area contributed by atoms with E-state index < -0.39 is 11.7 Å². The van der Waals surface area contributed by atoms with E-state index in [9.17, 15) is 18.0 Å². The molecular formula is C16H20F3N3O. The highest BCUT2D eigenvalue weighted by molar-refractivity contribution is 5.96. The summed E-state index contributed by atoms with van der Waals surface area (Å²) in [6.07, 6.45) is -3.78. The van der Waals surface area contributed by atoms with E-state index in [1.54, 1.807) is 0 Å². The van der Waals surface area contributed by atoms with Gasteiger partial charge in [-0.15, -0.1) is 0 Å². The highest BCUT2D eigenvalue weighted by Crippen LogP contribution is 2.36. The summed E-state index contributed by atoms with van der Waals surface area (Å²) in [5.74, 6) is -0.128. The van der Waals surface area contributed by atoms with Crippen LogP contribution in [0.5, 0.6) is 0 Å². The van der Waals surface area contributed by atoms with E-state index in [4.69, 9.17) is 0 Å². The van der Waals surface area contributed by atoms with Gasteiger partial charge in [0, 0.05) is 37.9 Å². The maximum Gasteiger partial charge on any atom is 0.416 e. The van der Waals surface area contributed by atoms with Crippen LogP contribution in [0.2, 0.25) is 0 Å². The molecule has 0 aromatic heterocycles. The molecule has 2 aliphatic heterocycles. The normalized spacial score (nSPS) is 22.3. The van der Waals surface area contributed by atoms with Crippen LogP contribution in [0, 0.1) is 0 Å². The first-order chi connectivity index (χ1) is 10.8. The highest BCUT2D eigenvalue weighted by Gasteiger charge is 2.34. The Kier molecular flexibility index (Phi) is 4.33. The Morgan fingerprint density at radius 2 is 2.13 bits per heavy atom. The van der Waals surface area contributed by atoms with Crippen molar-refractivity contribution < 1.29 is 18.0 Å². The van der Waals surface area contributed by atoms with E-state index in [0.717, 1.165) is 37.3 Å². The summed E-state index contributed by atoms with van der Waals surface area (Å²) >= 11 is 0. The minimum atomic E-state index is -4.39. The molecule has 1 atom stereocenters. The standard InChI is InChI=1S/C16H20F3N3O/c1-11-9-21(7-5-20-11)10-15(23)22-6-4-12-2-3-13(8-14(12)22)16(17,18)19/h2-3,8,11,20H,4-7,9-10H2,1H3. The summed E-state index contributed by atoms with van der Waals surface area (Å²) in [5.41, 5.74) is 0.514. The summed E-state index contributed by atoms with van der Waals surface area (Å²) in [4.78, 5) is 16.1. The fraction of sp³-hybridized carbons (Fsp3) is 0.562. The first-order valence-corrected chi connectivity index (χ1v) is 7.81. The van der Waals surface area contributed by atoms with Gasteiger partial charge in [0.15, 0.2) is 0 Å². The molecule has 1 amide bonds. The van der Waals surface area contributed by atoms with Crippen LogP contribution < -0.4 is 10.2 Å². The number of alkyl halides is 3. The Balaban J connectivity index is 1.74. The van der Waals surface area contributed by atoms with Crippen molar-refractivity contribution in [2.24, 2.45) is 0 Å². The molecule has 0 aliphatic carbocycles. The summed E-state index contributed by atoms with van der Waals surface area (Å²) < 4.78 is 38.6. The molecule has 7 heteroatoms. The molecule has 0 saturated carbocycles. The van der Waals surface area contributed by atoms with E-state index >= 15 is 0 Å². The molecule has 2 aliphatic rings. The Hall–Kier alpha value is -1.60. The Morgan fingerprint density at radius 1 is 1.35 bits per heavy atom. The second-order valence-electron chi connectivity index (χ2n) is 6.23. The largest absolute Gasteiger partial charge is 0.416 e. The molecule has 1 saturated heterocycles. The molecule has 1 N–H and O–H groups in total. The number of anilines is 1. The molecule has 1 unspecified atom stereocenters. The van der Waals surface area contributed by atoms with E-state index in [1.165, 1.54) is 11.0 Å². The van der Waals surface area contributed by atoms with Crippen LogP contribution in [0.15, 0.2) is 18.2 Å². The molecule has 0 bridgehead atoms. The minimum Gasteiger partial charge on any atom is -0.312 e. The zero-order chi connectivity index (χ0) is 16.6. The summed E-state index contributed by atoms with van der Waals surface area (Å²) in [6.45, 7) is 5.13. The predicted octanol–water partition coefficient (Wildman–Crippen LogP) is 1.89. The number of amides is 1. The summed E-state index contributed by atoms with van der Waals surface area (Å²) in [5, 5.41) is 3.30. The van der Waals surface area contributed by atoms with Crippen LogP contribution >= 0.6 is 0 Å². The van der Waals surface area contributed by atoms with Gasteiger partial charge in [-0.05, 0) is 31.0 Å². The van der Waals surface area contributed by atoms with E-state index in [2.05, 4.69) is 17.1 Å². The first-order valence-electron chi connectivity index (χ1n) is 7.81. The molecule has 2 heterocycles. The van der Waals surface area contributed by atoms with Crippen molar-refractivity contribution in [1.29, 1.82) is 0 Å². The van der Waals surface area contributed by atoms with Crippen LogP contribution in [0.4, 0.5) is 18.9 Å². The van der Waals surface area contributed by atoms with Crippen LogP contribution in [0.1, 0.15) is 18.1 Å². The van der Waals surface area contributed by atoms with Gasteiger partial charge in [-0.25, -0.2) is 0 Å². The monoisotopic (exact) mass is 327 g/mol. The maximum atomic E-state index is 12.9. The smallest absolute Gasteiger partial charge is 0.312 e. The zero-order valence-corrected chi connectivity index (χ0v) is 13.0. The fourth-order valence-corrected chi connectivity index (χ4v) is 3.25. The van der Waals surface area contributed by atoms with Crippen molar-refractivity contribution in [3.63, 3.8) is 0 Å². The lowest BCUT2D eigenvalue weighted by atomic mass is 10.1. The summed E-state index contributed by atoms with van der Waals surface area (Å²) in [6, 6.07) is 3.99. The van der Waals surface area contributed by atoms with Gasteiger partial charge in [-0.1, -0.05) is 6.07 Å². The average Bonchev–Trinajstić information content (AvgIpc) is 2.89. The van der Waals surface area contributed by atoms with Gasteiger partial charge in [-0.3, -0.25) is 9.69 Å². The number of hydrogen-bond donors (Lipinski definition) is 1. The van der Waals surface area contributed by atoms with Gasteiger partial charge in [0.05, 0.1) is 12.1 Å². The van der Waals surface area contributed by atoms with Crippen molar-refractivity contribution in [1.82, 2.24) is 10.2 Å². The molecule has 3 rings (SSSR count). The van der Waals surface area contributed by atoms with E-state index in [0.29, 0.717) is 24.7 Å².